The highest BCUT2D eigenvalue weighted by Gasteiger charge is 2.37. The smallest absolute Gasteiger partial charge is 0.199 e. The number of aliphatic hydroxyl groups excluding tert-OH is 1. The number of nitrogens with zero attached hydrogens (tertiary/aromatic N) is 1. The molecule has 1 saturated heterocycles. The fourth-order valence-corrected chi connectivity index (χ4v) is 3.57. The Balaban J connectivity index is 1.57. The van der Waals surface area contributed by atoms with E-state index in [1.165, 1.54) is 7.11 Å². The molecule has 0 bridgehead atoms. The Kier molecular flexibility index (Phi) is 5.21. The number of fused-ring (bicyclic) bond motifs is 1. The van der Waals surface area contributed by atoms with Crippen LogP contribution >= 0.6 is 0 Å². The lowest BCUT2D eigenvalue weighted by Gasteiger charge is -2.30. The average Bonchev–Trinajstić information content (AvgIpc) is 2.72. The monoisotopic (exact) mass is 385 g/mol. The highest BCUT2D eigenvalue weighted by Crippen LogP contribution is 2.38. The van der Waals surface area contributed by atoms with Crippen LogP contribution in [0.2, 0.25) is 0 Å². The number of rotatable bonds is 4. The van der Waals surface area contributed by atoms with Crippen LogP contribution in [-0.2, 0) is 11.3 Å². The number of Topliss-reactive ketones (excluding diaryl/α,β-unsaturated/α-hetero) is 1. The molecule has 2 aliphatic heterocycles. The number of aliphatic hydroxyl groups is 1. The third-order valence-corrected chi connectivity index (χ3v) is 5.20. The Bertz CT molecular complexity index is 877. The van der Waals surface area contributed by atoms with E-state index in [0.29, 0.717) is 42.4 Å². The maximum Gasteiger partial charge on any atom is 0.199 e. The van der Waals surface area contributed by atoms with Gasteiger partial charge < -0.3 is 24.4 Å². The van der Waals surface area contributed by atoms with Crippen molar-refractivity contribution in [1.82, 2.24) is 4.90 Å². The van der Waals surface area contributed by atoms with Crippen LogP contribution in [0.4, 0.5) is 0 Å². The molecule has 4 rings (SSSR count). The molecule has 2 aromatic rings. The Hall–Kier alpha value is -2.61. The first-order valence-electron chi connectivity index (χ1n) is 9.25. The van der Waals surface area contributed by atoms with Crippen molar-refractivity contribution in [3.8, 4) is 17.2 Å². The van der Waals surface area contributed by atoms with Crippen LogP contribution in [0.25, 0.3) is 0 Å². The van der Waals surface area contributed by atoms with Crippen LogP contribution in [0.5, 0.6) is 17.2 Å². The van der Waals surface area contributed by atoms with Crippen molar-refractivity contribution >= 4 is 5.78 Å². The van der Waals surface area contributed by atoms with E-state index >= 15 is 0 Å². The zero-order valence-corrected chi connectivity index (χ0v) is 15.6. The number of ketones is 1. The molecule has 7 heteroatoms. The molecular weight excluding hydrogens is 362 g/mol. The number of phenolic OH excluding ortho intramolecular Hbond substituents is 1. The molecule has 28 heavy (non-hydrogen) atoms. The summed E-state index contributed by atoms with van der Waals surface area (Å²) in [7, 11) is 1.53. The number of carbonyl (C=O) groups is 1. The molecule has 1 fully saturated rings. The highest BCUT2D eigenvalue weighted by atomic mass is 16.5. The fourth-order valence-electron chi connectivity index (χ4n) is 3.57. The second kappa shape index (κ2) is 7.79. The molecule has 0 aromatic heterocycles. The fraction of sp³-hybridized carbons (Fsp3) is 0.381. The molecular formula is C21H23NO6. The van der Waals surface area contributed by atoms with Crippen LogP contribution in [0.1, 0.15) is 27.6 Å². The standard InChI is InChI=1S/C21H23NO6/c1-26-15-4-5-16-18(11-15)28-21(20(25)19(16)24)13-2-3-14(17(23)10-13)12-22-6-8-27-9-7-22/h2-5,10-11,20-21,23,25H,6-9,12H2,1H3. The molecule has 2 atom stereocenters. The van der Waals surface area contributed by atoms with E-state index in [1.54, 1.807) is 30.3 Å². The summed E-state index contributed by atoms with van der Waals surface area (Å²) in [5, 5.41) is 21.0. The number of morpholine rings is 1. The molecule has 2 N–H and O–H groups in total. The van der Waals surface area contributed by atoms with Crippen LogP contribution in [-0.4, -0.2) is 60.4 Å². The lowest BCUT2D eigenvalue weighted by atomic mass is 9.92. The quantitative estimate of drug-likeness (QED) is 0.831. The number of aromatic hydroxyl groups is 1. The lowest BCUT2D eigenvalue weighted by Crippen LogP contribution is -2.36. The Morgan fingerprint density at radius 2 is 1.96 bits per heavy atom. The van der Waals surface area contributed by atoms with Gasteiger partial charge in [0.15, 0.2) is 18.0 Å². The molecule has 2 heterocycles. The van der Waals surface area contributed by atoms with Crippen molar-refractivity contribution in [1.29, 1.82) is 0 Å². The second-order valence-corrected chi connectivity index (χ2v) is 6.99. The molecule has 2 aliphatic rings. The Labute approximate surface area is 163 Å². The predicted molar refractivity (Wildman–Crippen MR) is 101 cm³/mol. The third-order valence-electron chi connectivity index (χ3n) is 5.20. The van der Waals surface area contributed by atoms with E-state index in [2.05, 4.69) is 4.90 Å². The van der Waals surface area contributed by atoms with E-state index in [0.717, 1.165) is 18.7 Å². The number of hydrogen-bond donors (Lipinski definition) is 2. The van der Waals surface area contributed by atoms with Gasteiger partial charge >= 0.3 is 0 Å². The van der Waals surface area contributed by atoms with Gasteiger partial charge in [-0.05, 0) is 23.8 Å². The SMILES string of the molecule is COc1ccc2c(c1)OC(c1ccc(CN3CCOCC3)c(O)c1)C(O)C2=O. The van der Waals surface area contributed by atoms with E-state index in [-0.39, 0.29) is 5.75 Å². The molecule has 0 radical (unpaired) electrons. The number of benzene rings is 2. The molecule has 0 saturated carbocycles. The van der Waals surface area contributed by atoms with Gasteiger partial charge in [-0.1, -0.05) is 12.1 Å². The maximum absolute atomic E-state index is 12.6. The zero-order valence-electron chi connectivity index (χ0n) is 15.6. The van der Waals surface area contributed by atoms with Gasteiger partial charge in [-0.25, -0.2) is 0 Å². The van der Waals surface area contributed by atoms with Crippen molar-refractivity contribution in [2.24, 2.45) is 0 Å². The predicted octanol–water partition coefficient (Wildman–Crippen LogP) is 1.91. The topological polar surface area (TPSA) is 88.5 Å². The highest BCUT2D eigenvalue weighted by molar-refractivity contribution is 6.03. The number of hydrogen-bond acceptors (Lipinski definition) is 7. The average molecular weight is 385 g/mol. The van der Waals surface area contributed by atoms with Gasteiger partial charge in [0.25, 0.3) is 0 Å². The van der Waals surface area contributed by atoms with E-state index in [9.17, 15) is 15.0 Å². The van der Waals surface area contributed by atoms with Crippen molar-refractivity contribution in [3.63, 3.8) is 0 Å². The second-order valence-electron chi connectivity index (χ2n) is 6.99. The molecule has 148 valence electrons. The molecule has 0 spiro atoms. The largest absolute Gasteiger partial charge is 0.508 e. The van der Waals surface area contributed by atoms with E-state index < -0.39 is 18.0 Å². The van der Waals surface area contributed by atoms with Crippen molar-refractivity contribution in [2.75, 3.05) is 33.4 Å². The van der Waals surface area contributed by atoms with Gasteiger partial charge in [-0.2, -0.15) is 0 Å². The summed E-state index contributed by atoms with van der Waals surface area (Å²) in [5.41, 5.74) is 1.64. The van der Waals surface area contributed by atoms with Crippen molar-refractivity contribution < 1.29 is 29.2 Å². The zero-order chi connectivity index (χ0) is 19.7. The van der Waals surface area contributed by atoms with Crippen molar-refractivity contribution in [3.05, 3.63) is 53.1 Å². The van der Waals surface area contributed by atoms with Crippen LogP contribution < -0.4 is 9.47 Å². The van der Waals surface area contributed by atoms with Crippen LogP contribution in [0.3, 0.4) is 0 Å². The number of methoxy groups -OCH3 is 1. The number of ether oxygens (including phenoxy) is 3. The van der Waals surface area contributed by atoms with E-state index in [4.69, 9.17) is 14.2 Å². The first kappa shape index (κ1) is 18.7. The number of phenols is 1. The molecule has 2 unspecified atom stereocenters. The van der Waals surface area contributed by atoms with Gasteiger partial charge in [0.05, 0.1) is 25.9 Å². The van der Waals surface area contributed by atoms with Crippen LogP contribution in [0.15, 0.2) is 36.4 Å². The normalized spacial score (nSPS) is 22.4. The lowest BCUT2D eigenvalue weighted by molar-refractivity contribution is 0.0214. The maximum atomic E-state index is 12.6. The van der Waals surface area contributed by atoms with Gasteiger partial charge in [-0.3, -0.25) is 9.69 Å². The minimum absolute atomic E-state index is 0.115. The summed E-state index contributed by atoms with van der Waals surface area (Å²) < 4.78 is 16.4. The minimum Gasteiger partial charge on any atom is -0.508 e. The van der Waals surface area contributed by atoms with Crippen LogP contribution in [0, 0.1) is 0 Å². The Morgan fingerprint density at radius 1 is 1.18 bits per heavy atom. The summed E-state index contributed by atoms with van der Waals surface area (Å²) in [6.45, 7) is 3.62. The van der Waals surface area contributed by atoms with Crippen molar-refractivity contribution in [2.45, 2.75) is 18.8 Å². The first-order chi connectivity index (χ1) is 13.6. The first-order valence-corrected chi connectivity index (χ1v) is 9.25. The van der Waals surface area contributed by atoms with Gasteiger partial charge in [0.1, 0.15) is 17.2 Å². The number of carbonyl (C=O) groups excluding carboxylic acids is 1. The summed E-state index contributed by atoms with van der Waals surface area (Å²) in [5.74, 6) is 0.622. The summed E-state index contributed by atoms with van der Waals surface area (Å²) in [6.07, 6.45) is -2.24. The Morgan fingerprint density at radius 3 is 2.68 bits per heavy atom. The molecule has 7 nitrogen and oxygen atoms in total. The van der Waals surface area contributed by atoms with Gasteiger partial charge in [0, 0.05) is 31.3 Å². The van der Waals surface area contributed by atoms with E-state index in [1.807, 2.05) is 6.07 Å². The minimum atomic E-state index is -1.34. The van der Waals surface area contributed by atoms with Gasteiger partial charge in [-0.15, -0.1) is 0 Å². The molecule has 2 aromatic carbocycles. The summed E-state index contributed by atoms with van der Waals surface area (Å²) in [6, 6.07) is 10.0. The molecule has 0 aliphatic carbocycles. The molecule has 0 amide bonds. The van der Waals surface area contributed by atoms with Gasteiger partial charge in [0.2, 0.25) is 0 Å². The summed E-state index contributed by atoms with van der Waals surface area (Å²) >= 11 is 0. The third kappa shape index (κ3) is 3.56. The summed E-state index contributed by atoms with van der Waals surface area (Å²) in [4.78, 5) is 14.8.